The normalized spacial score (nSPS) is 11.1. The van der Waals surface area contributed by atoms with Gasteiger partial charge in [0, 0.05) is 46.2 Å². The molecule has 0 fully saturated rings. The van der Waals surface area contributed by atoms with Crippen LogP contribution in [0, 0.1) is 0 Å². The summed E-state index contributed by atoms with van der Waals surface area (Å²) in [6, 6.07) is 11.7. The molecule has 0 radical (unpaired) electrons. The minimum Gasteiger partial charge on any atom is -0.359 e. The van der Waals surface area contributed by atoms with E-state index in [4.69, 9.17) is 4.52 Å². The van der Waals surface area contributed by atoms with Crippen LogP contribution in [0.25, 0.3) is 10.6 Å². The lowest BCUT2D eigenvalue weighted by atomic mass is 9.93. The third-order valence-electron chi connectivity index (χ3n) is 4.56. The summed E-state index contributed by atoms with van der Waals surface area (Å²) < 4.78 is 5.26. The minimum atomic E-state index is -0.452. The Bertz CT molecular complexity index is 1260. The molecule has 0 spiro atoms. The second-order valence-corrected chi connectivity index (χ2v) is 9.07. The van der Waals surface area contributed by atoms with E-state index in [1.807, 2.05) is 32.9 Å². The van der Waals surface area contributed by atoms with Crippen LogP contribution in [-0.2, 0) is 5.41 Å². The van der Waals surface area contributed by atoms with Crippen molar-refractivity contribution < 1.29 is 14.1 Å². The number of nitrogens with one attached hydrogen (secondary N) is 3. The van der Waals surface area contributed by atoms with Crippen molar-refractivity contribution in [2.45, 2.75) is 26.2 Å². The molecule has 4 aromatic rings. The standard InChI is InChI=1S/C23H22N6O3S/c1-23(2,3)18-12-19(29-32-18)28-22(31)26-16-6-4-15(5-7-16)25-20(30)17-13-33-21(27-17)14-8-10-24-11-9-14/h4-13H,1-3H3,(H,25,30)(H2,26,28,29,31). The zero-order valence-electron chi connectivity index (χ0n) is 18.2. The van der Waals surface area contributed by atoms with Gasteiger partial charge in [-0.15, -0.1) is 11.3 Å². The molecule has 168 valence electrons. The molecule has 4 rings (SSSR count). The minimum absolute atomic E-state index is 0.206. The maximum absolute atomic E-state index is 12.5. The van der Waals surface area contributed by atoms with Crippen molar-refractivity contribution in [1.82, 2.24) is 15.1 Å². The Labute approximate surface area is 194 Å². The lowest BCUT2D eigenvalue weighted by molar-refractivity contribution is 0.102. The summed E-state index contributed by atoms with van der Waals surface area (Å²) in [5.74, 6) is 0.687. The largest absolute Gasteiger partial charge is 0.359 e. The van der Waals surface area contributed by atoms with Crippen LogP contribution in [0.15, 0.2) is 64.8 Å². The van der Waals surface area contributed by atoms with E-state index in [9.17, 15) is 9.59 Å². The number of hydrogen-bond donors (Lipinski definition) is 3. The molecular formula is C23H22N6O3S. The SMILES string of the molecule is CC(C)(C)c1cc(NC(=O)Nc2ccc(NC(=O)c3csc(-c4ccncc4)n3)cc2)no1. The number of rotatable bonds is 5. The summed E-state index contributed by atoms with van der Waals surface area (Å²) in [5, 5.41) is 14.5. The first-order valence-corrected chi connectivity index (χ1v) is 11.0. The Morgan fingerprint density at radius 3 is 2.24 bits per heavy atom. The van der Waals surface area contributed by atoms with Crippen molar-refractivity contribution in [3.05, 3.63) is 71.7 Å². The van der Waals surface area contributed by atoms with Gasteiger partial charge < -0.3 is 15.2 Å². The molecule has 0 aliphatic carbocycles. The molecule has 0 bridgehead atoms. The van der Waals surface area contributed by atoms with Crippen molar-refractivity contribution in [3.63, 3.8) is 0 Å². The molecule has 0 saturated heterocycles. The molecule has 3 heterocycles. The third kappa shape index (κ3) is 5.60. The van der Waals surface area contributed by atoms with Crippen molar-refractivity contribution >= 4 is 40.5 Å². The van der Waals surface area contributed by atoms with Gasteiger partial charge in [-0.05, 0) is 36.4 Å². The van der Waals surface area contributed by atoms with Gasteiger partial charge >= 0.3 is 6.03 Å². The number of thiazole rings is 1. The number of carbonyl (C=O) groups is 2. The van der Waals surface area contributed by atoms with Crippen LogP contribution in [0.5, 0.6) is 0 Å². The number of nitrogens with zero attached hydrogens (tertiary/aromatic N) is 3. The number of benzene rings is 1. The number of anilines is 3. The van der Waals surface area contributed by atoms with Crippen LogP contribution >= 0.6 is 11.3 Å². The molecule has 0 saturated carbocycles. The molecule has 3 aromatic heterocycles. The van der Waals surface area contributed by atoms with E-state index in [1.165, 1.54) is 11.3 Å². The monoisotopic (exact) mass is 462 g/mol. The second-order valence-electron chi connectivity index (χ2n) is 8.21. The Balaban J connectivity index is 1.33. The van der Waals surface area contributed by atoms with E-state index >= 15 is 0 Å². The summed E-state index contributed by atoms with van der Waals surface area (Å²) in [6.07, 6.45) is 3.36. The van der Waals surface area contributed by atoms with Crippen LogP contribution in [-0.4, -0.2) is 27.1 Å². The first-order chi connectivity index (χ1) is 15.8. The van der Waals surface area contributed by atoms with E-state index in [0.29, 0.717) is 28.6 Å². The fourth-order valence-corrected chi connectivity index (χ4v) is 3.61. The third-order valence-corrected chi connectivity index (χ3v) is 5.45. The highest BCUT2D eigenvalue weighted by Crippen LogP contribution is 2.25. The number of urea groups is 1. The molecular weight excluding hydrogens is 440 g/mol. The first-order valence-electron chi connectivity index (χ1n) is 10.1. The highest BCUT2D eigenvalue weighted by Gasteiger charge is 2.20. The predicted molar refractivity (Wildman–Crippen MR) is 128 cm³/mol. The van der Waals surface area contributed by atoms with Crippen molar-refractivity contribution in [3.8, 4) is 10.6 Å². The number of carbonyl (C=O) groups excluding carboxylic acids is 2. The summed E-state index contributed by atoms with van der Waals surface area (Å²) in [6.45, 7) is 5.98. The zero-order chi connectivity index (χ0) is 23.4. The van der Waals surface area contributed by atoms with Crippen LogP contribution in [0.3, 0.4) is 0 Å². The van der Waals surface area contributed by atoms with Gasteiger partial charge in [-0.1, -0.05) is 25.9 Å². The lowest BCUT2D eigenvalue weighted by Gasteiger charge is -2.12. The number of hydrogen-bond acceptors (Lipinski definition) is 7. The molecule has 0 aliphatic rings. The highest BCUT2D eigenvalue weighted by molar-refractivity contribution is 7.13. The van der Waals surface area contributed by atoms with Crippen LogP contribution < -0.4 is 16.0 Å². The summed E-state index contributed by atoms with van der Waals surface area (Å²) in [5.41, 5.74) is 2.16. The Morgan fingerprint density at radius 1 is 0.939 bits per heavy atom. The van der Waals surface area contributed by atoms with Crippen molar-refractivity contribution in [2.75, 3.05) is 16.0 Å². The Morgan fingerprint density at radius 2 is 1.61 bits per heavy atom. The highest BCUT2D eigenvalue weighted by atomic mass is 32.1. The fraction of sp³-hybridized carbons (Fsp3) is 0.174. The first kappa shape index (κ1) is 22.2. The Kier molecular flexibility index (Phi) is 6.18. The lowest BCUT2D eigenvalue weighted by Crippen LogP contribution is -2.19. The number of amides is 3. The maximum Gasteiger partial charge on any atom is 0.324 e. The van der Waals surface area contributed by atoms with E-state index in [2.05, 4.69) is 31.1 Å². The van der Waals surface area contributed by atoms with Crippen molar-refractivity contribution in [1.29, 1.82) is 0 Å². The summed E-state index contributed by atoms with van der Waals surface area (Å²) in [7, 11) is 0. The quantitative estimate of drug-likeness (QED) is 0.366. The van der Waals surface area contributed by atoms with Gasteiger partial charge in [0.1, 0.15) is 16.5 Å². The van der Waals surface area contributed by atoms with Crippen molar-refractivity contribution in [2.24, 2.45) is 0 Å². The second kappa shape index (κ2) is 9.21. The van der Waals surface area contributed by atoms with Gasteiger partial charge in [-0.25, -0.2) is 9.78 Å². The van der Waals surface area contributed by atoms with E-state index in [0.717, 1.165) is 10.6 Å². The van der Waals surface area contributed by atoms with Crippen LogP contribution in [0.4, 0.5) is 22.0 Å². The van der Waals surface area contributed by atoms with Gasteiger partial charge in [-0.2, -0.15) is 0 Å². The van der Waals surface area contributed by atoms with Gasteiger partial charge in [0.2, 0.25) is 0 Å². The smallest absolute Gasteiger partial charge is 0.324 e. The summed E-state index contributed by atoms with van der Waals surface area (Å²) in [4.78, 5) is 33.1. The maximum atomic E-state index is 12.5. The van der Waals surface area contributed by atoms with Gasteiger partial charge in [0.15, 0.2) is 5.82 Å². The molecule has 10 heteroatoms. The molecule has 0 unspecified atom stereocenters. The molecule has 33 heavy (non-hydrogen) atoms. The molecule has 3 N–H and O–H groups in total. The van der Waals surface area contributed by atoms with Gasteiger partial charge in [-0.3, -0.25) is 15.1 Å². The number of pyridine rings is 1. The van der Waals surface area contributed by atoms with Gasteiger partial charge in [0.05, 0.1) is 0 Å². The molecule has 0 atom stereocenters. The van der Waals surface area contributed by atoms with E-state index < -0.39 is 6.03 Å². The van der Waals surface area contributed by atoms with Crippen LogP contribution in [0.1, 0.15) is 37.0 Å². The van der Waals surface area contributed by atoms with E-state index in [-0.39, 0.29) is 11.3 Å². The molecule has 3 amide bonds. The fourth-order valence-electron chi connectivity index (χ4n) is 2.80. The van der Waals surface area contributed by atoms with Crippen LogP contribution in [0.2, 0.25) is 0 Å². The average molecular weight is 463 g/mol. The number of aromatic nitrogens is 3. The molecule has 9 nitrogen and oxygen atoms in total. The van der Waals surface area contributed by atoms with E-state index in [1.54, 1.807) is 48.1 Å². The average Bonchev–Trinajstić information content (AvgIpc) is 3.46. The molecule has 0 aliphatic heterocycles. The predicted octanol–water partition coefficient (Wildman–Crippen LogP) is 5.39. The molecule has 1 aromatic carbocycles. The van der Waals surface area contributed by atoms with Gasteiger partial charge in [0.25, 0.3) is 5.91 Å². The summed E-state index contributed by atoms with van der Waals surface area (Å²) >= 11 is 1.39. The zero-order valence-corrected chi connectivity index (χ0v) is 19.1. The Hall–Kier alpha value is -4.05. The topological polar surface area (TPSA) is 122 Å².